The van der Waals surface area contributed by atoms with E-state index >= 15 is 0 Å². The third-order valence-electron chi connectivity index (χ3n) is 8.38. The molecular weight excluding hydrogens is 554 g/mol. The molecule has 2 heterocycles. The summed E-state index contributed by atoms with van der Waals surface area (Å²) in [5.74, 6) is 3.82. The van der Waals surface area contributed by atoms with Crippen LogP contribution >= 0.6 is 0 Å². The zero-order valence-electron chi connectivity index (χ0n) is 24.7. The molecular formula is C41H29NO3. The number of hydrogen-bond donors (Lipinski definition) is 1. The first-order valence-electron chi connectivity index (χ1n) is 15.0. The summed E-state index contributed by atoms with van der Waals surface area (Å²) in [6.07, 6.45) is 3.45. The fourth-order valence-electron chi connectivity index (χ4n) is 6.26. The van der Waals surface area contributed by atoms with Crippen LogP contribution < -0.4 is 15.2 Å². The van der Waals surface area contributed by atoms with Gasteiger partial charge < -0.3 is 19.6 Å². The van der Waals surface area contributed by atoms with Gasteiger partial charge in [-0.2, -0.15) is 0 Å². The summed E-state index contributed by atoms with van der Waals surface area (Å²) in [7, 11) is 0. The molecule has 0 unspecified atom stereocenters. The van der Waals surface area contributed by atoms with Crippen LogP contribution in [0.4, 0.5) is 0 Å². The summed E-state index contributed by atoms with van der Waals surface area (Å²) >= 11 is 0. The number of aryl methyl sites for hydroxylation is 1. The topological polar surface area (TPSA) is 57.6 Å². The van der Waals surface area contributed by atoms with Crippen LogP contribution in [0.1, 0.15) is 11.3 Å². The van der Waals surface area contributed by atoms with Gasteiger partial charge in [-0.25, -0.2) is 0 Å². The summed E-state index contributed by atoms with van der Waals surface area (Å²) in [5.41, 5.74) is 15.6. The van der Waals surface area contributed by atoms with E-state index in [2.05, 4.69) is 78.9 Å². The normalized spacial score (nSPS) is 12.0. The highest BCUT2D eigenvalue weighted by Gasteiger charge is 2.22. The predicted molar refractivity (Wildman–Crippen MR) is 183 cm³/mol. The lowest BCUT2D eigenvalue weighted by Gasteiger charge is -2.22. The average Bonchev–Trinajstić information content (AvgIpc) is 3.40. The van der Waals surface area contributed by atoms with Crippen molar-refractivity contribution in [2.45, 2.75) is 6.92 Å². The zero-order chi connectivity index (χ0) is 30.3. The number of nitrogens with two attached hydrogens (primary N) is 1. The molecule has 6 aromatic carbocycles. The monoisotopic (exact) mass is 583 g/mol. The van der Waals surface area contributed by atoms with E-state index in [4.69, 9.17) is 19.6 Å². The van der Waals surface area contributed by atoms with Gasteiger partial charge in [-0.1, -0.05) is 91.0 Å². The fraction of sp³-hybridized carbons (Fsp3) is 0.0244. The predicted octanol–water partition coefficient (Wildman–Crippen LogP) is 11.2. The molecule has 4 heteroatoms. The Morgan fingerprint density at radius 1 is 0.489 bits per heavy atom. The average molecular weight is 584 g/mol. The van der Waals surface area contributed by atoms with Crippen LogP contribution in [0.2, 0.25) is 0 Å². The van der Waals surface area contributed by atoms with E-state index in [-0.39, 0.29) is 0 Å². The highest BCUT2D eigenvalue weighted by Crippen LogP contribution is 2.49. The first-order chi connectivity index (χ1) is 22.2. The number of para-hydroxylation sites is 2. The van der Waals surface area contributed by atoms with E-state index in [0.29, 0.717) is 0 Å². The summed E-state index contributed by atoms with van der Waals surface area (Å²) in [4.78, 5) is 0. The fourth-order valence-corrected chi connectivity index (χ4v) is 6.26. The second-order valence-electron chi connectivity index (χ2n) is 11.1. The van der Waals surface area contributed by atoms with Gasteiger partial charge in [0, 0.05) is 33.2 Å². The van der Waals surface area contributed by atoms with Crippen LogP contribution in [-0.4, -0.2) is 0 Å². The maximum Gasteiger partial charge on any atom is 0.136 e. The van der Waals surface area contributed by atoms with Gasteiger partial charge in [0.2, 0.25) is 0 Å². The molecule has 0 bridgehead atoms. The van der Waals surface area contributed by atoms with Crippen LogP contribution in [0.3, 0.4) is 0 Å². The number of furan rings is 1. The molecule has 8 rings (SSSR count). The van der Waals surface area contributed by atoms with Crippen molar-refractivity contribution in [3.05, 3.63) is 151 Å². The van der Waals surface area contributed by atoms with Crippen molar-refractivity contribution in [1.29, 1.82) is 0 Å². The lowest BCUT2D eigenvalue weighted by molar-refractivity contribution is 0.472. The van der Waals surface area contributed by atoms with Crippen LogP contribution in [-0.2, 0) is 0 Å². The Balaban J connectivity index is 1.38. The summed E-state index contributed by atoms with van der Waals surface area (Å²) in [5, 5.41) is 1.02. The maximum absolute atomic E-state index is 6.89. The SMILES string of the molecule is Cc1oc2cccc(-c3ccc4c(c3)Oc3ccccc3-c3ccccc3Oc3cc(-c5ccccc5)ccc3-4)c2c1/C=C\N. The molecule has 0 spiro atoms. The molecule has 0 aliphatic carbocycles. The third kappa shape index (κ3) is 4.64. The van der Waals surface area contributed by atoms with Crippen molar-refractivity contribution in [1.82, 2.24) is 0 Å². The van der Waals surface area contributed by atoms with Gasteiger partial charge >= 0.3 is 0 Å². The molecule has 0 fully saturated rings. The minimum atomic E-state index is 0.727. The number of hydrogen-bond acceptors (Lipinski definition) is 4. The van der Waals surface area contributed by atoms with E-state index in [9.17, 15) is 0 Å². The third-order valence-corrected chi connectivity index (χ3v) is 8.38. The quantitative estimate of drug-likeness (QED) is 0.225. The van der Waals surface area contributed by atoms with Crippen LogP contribution in [0.5, 0.6) is 23.0 Å². The molecule has 1 aliphatic heterocycles. The number of rotatable bonds is 3. The molecule has 0 amide bonds. The lowest BCUT2D eigenvalue weighted by Crippen LogP contribution is -1.98. The van der Waals surface area contributed by atoms with Gasteiger partial charge in [-0.05, 0) is 83.9 Å². The Kier molecular flexibility index (Phi) is 6.46. The molecule has 2 N–H and O–H groups in total. The molecule has 0 atom stereocenters. The molecule has 216 valence electrons. The zero-order valence-corrected chi connectivity index (χ0v) is 24.7. The van der Waals surface area contributed by atoms with E-state index in [1.165, 1.54) is 0 Å². The molecule has 0 saturated carbocycles. The second kappa shape index (κ2) is 10.9. The van der Waals surface area contributed by atoms with Crippen LogP contribution in [0.15, 0.2) is 144 Å². The number of fused-ring (bicyclic) bond motifs is 7. The maximum atomic E-state index is 6.89. The molecule has 0 saturated heterocycles. The van der Waals surface area contributed by atoms with Gasteiger partial charge in [-0.3, -0.25) is 0 Å². The Morgan fingerprint density at radius 3 is 1.71 bits per heavy atom. The molecule has 4 nitrogen and oxygen atoms in total. The Morgan fingerprint density at radius 2 is 1.04 bits per heavy atom. The number of ether oxygens (including phenoxy) is 2. The molecule has 1 aromatic heterocycles. The first-order valence-corrected chi connectivity index (χ1v) is 15.0. The Hall–Kier alpha value is -6.00. The Bertz CT molecular complexity index is 2240. The van der Waals surface area contributed by atoms with Crippen molar-refractivity contribution in [2.75, 3.05) is 0 Å². The smallest absolute Gasteiger partial charge is 0.136 e. The van der Waals surface area contributed by atoms with Crippen molar-refractivity contribution in [3.63, 3.8) is 0 Å². The van der Waals surface area contributed by atoms with Gasteiger partial charge in [0.15, 0.2) is 0 Å². The van der Waals surface area contributed by atoms with Crippen LogP contribution in [0.25, 0.3) is 61.6 Å². The van der Waals surface area contributed by atoms with E-state index < -0.39 is 0 Å². The first kappa shape index (κ1) is 26.6. The largest absolute Gasteiger partial charge is 0.461 e. The standard InChI is InChI=1S/C41H29NO3/c1-26-30(22-23-42)41-31(14-9-17-38(41)43-26)29-19-21-35-34-20-18-28(27-10-3-2-4-11-27)24-39(34)44-36-15-7-5-12-32(36)33-13-6-8-16-37(33)45-40(35)25-29/h2-25H,42H2,1H3/b23-22-. The molecule has 45 heavy (non-hydrogen) atoms. The van der Waals surface area contributed by atoms with Gasteiger partial charge in [0.05, 0.1) is 0 Å². The molecule has 0 radical (unpaired) electrons. The van der Waals surface area contributed by atoms with Crippen molar-refractivity contribution >= 4 is 17.0 Å². The van der Waals surface area contributed by atoms with E-state index in [1.807, 2.05) is 67.6 Å². The van der Waals surface area contributed by atoms with Gasteiger partial charge in [-0.15, -0.1) is 0 Å². The highest BCUT2D eigenvalue weighted by molar-refractivity contribution is 6.01. The minimum Gasteiger partial charge on any atom is -0.461 e. The molecule has 7 aromatic rings. The number of benzene rings is 6. The minimum absolute atomic E-state index is 0.727. The van der Waals surface area contributed by atoms with Gasteiger partial charge in [0.1, 0.15) is 34.3 Å². The highest BCUT2D eigenvalue weighted by atomic mass is 16.5. The summed E-state index contributed by atoms with van der Waals surface area (Å²) in [6, 6.07) is 45.4. The lowest BCUT2D eigenvalue weighted by atomic mass is 9.93. The second-order valence-corrected chi connectivity index (χ2v) is 11.1. The van der Waals surface area contributed by atoms with Crippen molar-refractivity contribution in [3.8, 4) is 67.5 Å². The van der Waals surface area contributed by atoms with Gasteiger partial charge in [0.25, 0.3) is 0 Å². The van der Waals surface area contributed by atoms with E-state index in [0.717, 1.165) is 89.8 Å². The Labute approximate surface area is 261 Å². The van der Waals surface area contributed by atoms with Crippen molar-refractivity contribution in [2.24, 2.45) is 5.73 Å². The summed E-state index contributed by atoms with van der Waals surface area (Å²) in [6.45, 7) is 1.96. The summed E-state index contributed by atoms with van der Waals surface area (Å²) < 4.78 is 19.8. The van der Waals surface area contributed by atoms with E-state index in [1.54, 1.807) is 6.20 Å². The van der Waals surface area contributed by atoms with Crippen molar-refractivity contribution < 1.29 is 13.9 Å². The molecule has 1 aliphatic rings. The van der Waals surface area contributed by atoms with Crippen LogP contribution in [0, 0.1) is 6.92 Å².